The lowest BCUT2D eigenvalue weighted by Gasteiger charge is -2.34. The van der Waals surface area contributed by atoms with E-state index in [-0.39, 0.29) is 17.6 Å². The van der Waals surface area contributed by atoms with Gasteiger partial charge in [0, 0.05) is 37.3 Å². The highest BCUT2D eigenvalue weighted by Crippen LogP contribution is 2.30. The largest absolute Gasteiger partial charge is 0.389 e. The fraction of sp³-hybridized carbons (Fsp3) is 0.533. The van der Waals surface area contributed by atoms with Crippen molar-refractivity contribution in [2.75, 3.05) is 25.0 Å². The molecule has 1 fully saturated rings. The maximum Gasteiger partial charge on any atom is 0.222 e. The van der Waals surface area contributed by atoms with Crippen LogP contribution in [0.1, 0.15) is 31.4 Å². The zero-order valence-corrected chi connectivity index (χ0v) is 11.9. The van der Waals surface area contributed by atoms with E-state index in [9.17, 15) is 14.3 Å². The predicted molar refractivity (Wildman–Crippen MR) is 76.0 cm³/mol. The molecule has 1 aromatic rings. The third-order valence-electron chi connectivity index (χ3n) is 3.89. The molecule has 0 spiro atoms. The lowest BCUT2D eigenvalue weighted by molar-refractivity contribution is -0.125. The van der Waals surface area contributed by atoms with Crippen LogP contribution in [0, 0.1) is 11.7 Å². The molecule has 0 bridgehead atoms. The normalized spacial score (nSPS) is 17.9. The summed E-state index contributed by atoms with van der Waals surface area (Å²) in [6, 6.07) is 4.49. The van der Waals surface area contributed by atoms with Gasteiger partial charge in [-0.2, -0.15) is 0 Å². The maximum absolute atomic E-state index is 13.3. The molecule has 2 rings (SSSR count). The summed E-state index contributed by atoms with van der Waals surface area (Å²) in [7, 11) is 1.65. The number of hydrogen-bond acceptors (Lipinski definition) is 3. The molecule has 1 saturated heterocycles. The van der Waals surface area contributed by atoms with Crippen LogP contribution in [-0.4, -0.2) is 31.2 Å². The first-order valence-electron chi connectivity index (χ1n) is 6.97. The molecular formula is C15H21FN2O2. The van der Waals surface area contributed by atoms with E-state index in [1.807, 2.05) is 0 Å². The van der Waals surface area contributed by atoms with Gasteiger partial charge in [-0.3, -0.25) is 4.79 Å². The first-order chi connectivity index (χ1) is 9.52. The second-order valence-electron chi connectivity index (χ2n) is 5.25. The Balaban J connectivity index is 2.13. The van der Waals surface area contributed by atoms with Crippen molar-refractivity contribution in [3.05, 3.63) is 29.6 Å². The van der Waals surface area contributed by atoms with Crippen LogP contribution in [0.2, 0.25) is 0 Å². The number of nitrogens with one attached hydrogen (secondary N) is 1. The van der Waals surface area contributed by atoms with Gasteiger partial charge in [-0.15, -0.1) is 0 Å². The summed E-state index contributed by atoms with van der Waals surface area (Å²) >= 11 is 0. The van der Waals surface area contributed by atoms with Crippen molar-refractivity contribution in [2.24, 2.45) is 5.92 Å². The molecule has 0 radical (unpaired) electrons. The van der Waals surface area contributed by atoms with Crippen LogP contribution in [-0.2, 0) is 4.79 Å². The number of benzene rings is 1. The first kappa shape index (κ1) is 14.8. The number of hydrogen-bond donors (Lipinski definition) is 2. The zero-order chi connectivity index (χ0) is 14.7. The fourth-order valence-electron chi connectivity index (χ4n) is 2.73. The summed E-state index contributed by atoms with van der Waals surface area (Å²) in [5, 5.41) is 12.5. The second kappa shape index (κ2) is 6.22. The highest BCUT2D eigenvalue weighted by molar-refractivity contribution is 5.78. The van der Waals surface area contributed by atoms with Gasteiger partial charge in [0.1, 0.15) is 5.82 Å². The summed E-state index contributed by atoms with van der Waals surface area (Å²) in [6.07, 6.45) is 0.837. The lowest BCUT2D eigenvalue weighted by atomic mass is 9.94. The Morgan fingerprint density at radius 3 is 2.65 bits per heavy atom. The molecule has 1 atom stereocenters. The Kier molecular flexibility index (Phi) is 4.60. The number of halogens is 1. The molecule has 1 aliphatic heterocycles. The number of rotatable bonds is 3. The second-order valence-corrected chi connectivity index (χ2v) is 5.25. The quantitative estimate of drug-likeness (QED) is 0.888. The van der Waals surface area contributed by atoms with Crippen molar-refractivity contribution in [1.82, 2.24) is 5.32 Å². The van der Waals surface area contributed by atoms with Crippen LogP contribution in [0.3, 0.4) is 0 Å². The van der Waals surface area contributed by atoms with Crippen LogP contribution in [0.15, 0.2) is 18.2 Å². The van der Waals surface area contributed by atoms with Crippen LogP contribution < -0.4 is 10.2 Å². The van der Waals surface area contributed by atoms with E-state index in [1.165, 1.54) is 12.1 Å². The number of amides is 1. The predicted octanol–water partition coefficient (Wildman–Crippen LogP) is 1.84. The van der Waals surface area contributed by atoms with E-state index in [1.54, 1.807) is 20.0 Å². The van der Waals surface area contributed by atoms with Crippen molar-refractivity contribution in [3.8, 4) is 0 Å². The minimum absolute atomic E-state index is 0.0479. The molecule has 0 aliphatic carbocycles. The van der Waals surface area contributed by atoms with Crippen LogP contribution in [0.5, 0.6) is 0 Å². The Labute approximate surface area is 118 Å². The molecule has 0 saturated carbocycles. The highest BCUT2D eigenvalue weighted by Gasteiger charge is 2.26. The Bertz CT molecular complexity index is 483. The summed E-state index contributed by atoms with van der Waals surface area (Å²) in [6.45, 7) is 3.11. The summed E-state index contributed by atoms with van der Waals surface area (Å²) in [5.74, 6) is -0.212. The van der Waals surface area contributed by atoms with Crippen molar-refractivity contribution in [2.45, 2.75) is 25.9 Å². The van der Waals surface area contributed by atoms with Gasteiger partial charge in [0.25, 0.3) is 0 Å². The van der Waals surface area contributed by atoms with Gasteiger partial charge in [-0.05, 0) is 38.0 Å². The minimum Gasteiger partial charge on any atom is -0.389 e. The Morgan fingerprint density at radius 2 is 2.10 bits per heavy atom. The molecule has 5 heteroatoms. The lowest BCUT2D eigenvalue weighted by Crippen LogP contribution is -2.40. The van der Waals surface area contributed by atoms with Crippen LogP contribution >= 0.6 is 0 Å². The van der Waals surface area contributed by atoms with E-state index in [4.69, 9.17) is 0 Å². The van der Waals surface area contributed by atoms with Gasteiger partial charge in [0.15, 0.2) is 0 Å². The third kappa shape index (κ3) is 3.10. The summed E-state index contributed by atoms with van der Waals surface area (Å²) in [5.41, 5.74) is 1.46. The smallest absolute Gasteiger partial charge is 0.222 e. The number of aliphatic hydroxyl groups is 1. The molecule has 1 aromatic carbocycles. The van der Waals surface area contributed by atoms with E-state index in [2.05, 4.69) is 10.2 Å². The first-order valence-corrected chi connectivity index (χ1v) is 6.97. The summed E-state index contributed by atoms with van der Waals surface area (Å²) in [4.78, 5) is 13.7. The number of nitrogens with zero attached hydrogens (tertiary/aromatic N) is 1. The molecule has 1 aliphatic rings. The SMILES string of the molecule is CNC(=O)C1CCN(c2ccc(F)cc2[C@@H](C)O)CC1. The Hall–Kier alpha value is -1.62. The van der Waals surface area contributed by atoms with Crippen molar-refractivity contribution >= 4 is 11.6 Å². The van der Waals surface area contributed by atoms with Gasteiger partial charge in [0.05, 0.1) is 6.10 Å². The molecule has 4 nitrogen and oxygen atoms in total. The molecule has 110 valence electrons. The molecule has 0 unspecified atom stereocenters. The number of aliphatic hydroxyl groups excluding tert-OH is 1. The molecule has 20 heavy (non-hydrogen) atoms. The van der Waals surface area contributed by atoms with Crippen molar-refractivity contribution in [3.63, 3.8) is 0 Å². The molecule has 1 heterocycles. The van der Waals surface area contributed by atoms with E-state index in [0.29, 0.717) is 5.56 Å². The average molecular weight is 280 g/mol. The Morgan fingerprint density at radius 1 is 1.45 bits per heavy atom. The van der Waals surface area contributed by atoms with Gasteiger partial charge in [0.2, 0.25) is 5.91 Å². The summed E-state index contributed by atoms with van der Waals surface area (Å²) < 4.78 is 13.3. The van der Waals surface area contributed by atoms with E-state index >= 15 is 0 Å². The maximum atomic E-state index is 13.3. The highest BCUT2D eigenvalue weighted by atomic mass is 19.1. The minimum atomic E-state index is -0.711. The van der Waals surface area contributed by atoms with Crippen LogP contribution in [0.25, 0.3) is 0 Å². The molecule has 2 N–H and O–H groups in total. The molecule has 1 amide bonds. The van der Waals surface area contributed by atoms with Gasteiger partial charge in [-0.1, -0.05) is 0 Å². The van der Waals surface area contributed by atoms with Gasteiger partial charge < -0.3 is 15.3 Å². The number of carbonyl (C=O) groups is 1. The van der Waals surface area contributed by atoms with Crippen LogP contribution in [0.4, 0.5) is 10.1 Å². The monoisotopic (exact) mass is 280 g/mol. The third-order valence-corrected chi connectivity index (χ3v) is 3.89. The fourth-order valence-corrected chi connectivity index (χ4v) is 2.73. The van der Waals surface area contributed by atoms with Crippen molar-refractivity contribution in [1.29, 1.82) is 0 Å². The number of anilines is 1. The van der Waals surface area contributed by atoms with Gasteiger partial charge >= 0.3 is 0 Å². The molecule has 0 aromatic heterocycles. The topological polar surface area (TPSA) is 52.6 Å². The average Bonchev–Trinajstić information content (AvgIpc) is 2.46. The number of carbonyl (C=O) groups excluding carboxylic acids is 1. The van der Waals surface area contributed by atoms with E-state index < -0.39 is 6.10 Å². The standard InChI is InChI=1S/C15H21FN2O2/c1-10(19)13-9-12(16)3-4-14(13)18-7-5-11(6-8-18)15(20)17-2/h3-4,9-11,19H,5-8H2,1-2H3,(H,17,20)/t10-/m1/s1. The van der Waals surface area contributed by atoms with Gasteiger partial charge in [-0.25, -0.2) is 4.39 Å². The van der Waals surface area contributed by atoms with E-state index in [0.717, 1.165) is 31.6 Å². The molecular weight excluding hydrogens is 259 g/mol. The number of piperidine rings is 1. The van der Waals surface area contributed by atoms with Crippen molar-refractivity contribution < 1.29 is 14.3 Å². The zero-order valence-electron chi connectivity index (χ0n) is 11.9.